The number of rotatable bonds is 3. The Hall–Kier alpha value is -0.730. The smallest absolute Gasteiger partial charge is 0.312 e. The number of nitrogens with one attached hydrogen (secondary N) is 1. The van der Waals surface area contributed by atoms with Crippen LogP contribution >= 0.6 is 0 Å². The van der Waals surface area contributed by atoms with Crippen LogP contribution < -0.4 is 11.1 Å². The Morgan fingerprint density at radius 1 is 1.45 bits per heavy atom. The fourth-order valence-corrected chi connectivity index (χ4v) is 1.70. The molecular weight excluding hydrogens is 140 g/mol. The second-order valence-corrected chi connectivity index (χ2v) is 3.23. The molecule has 0 bridgehead atoms. The van der Waals surface area contributed by atoms with E-state index < -0.39 is 6.03 Å². The molecule has 1 fully saturated rings. The molecule has 11 heavy (non-hydrogen) atoms. The minimum absolute atomic E-state index is 0.400. The van der Waals surface area contributed by atoms with Gasteiger partial charge in [0.15, 0.2) is 0 Å². The van der Waals surface area contributed by atoms with E-state index in [1.165, 1.54) is 25.7 Å². The summed E-state index contributed by atoms with van der Waals surface area (Å²) in [5.74, 6) is 0.835. The zero-order valence-corrected chi connectivity index (χ0v) is 6.81. The highest BCUT2D eigenvalue weighted by Crippen LogP contribution is 2.26. The fourth-order valence-electron chi connectivity index (χ4n) is 1.70. The molecule has 0 atom stereocenters. The standard InChI is InChI=1S/C8H16N2O/c9-8(11)10-6-5-7-3-1-2-4-7/h7H,1-6H2,(H3,9,10,11). The fraction of sp³-hybridized carbons (Fsp3) is 0.875. The summed E-state index contributed by atoms with van der Waals surface area (Å²) in [4.78, 5) is 10.3. The van der Waals surface area contributed by atoms with Crippen molar-refractivity contribution >= 4 is 6.03 Å². The first-order valence-electron chi connectivity index (χ1n) is 4.32. The summed E-state index contributed by atoms with van der Waals surface area (Å²) in [6.07, 6.45) is 6.49. The average Bonchev–Trinajstić information content (AvgIpc) is 2.39. The van der Waals surface area contributed by atoms with Crippen molar-refractivity contribution in [3.8, 4) is 0 Å². The zero-order chi connectivity index (χ0) is 8.10. The van der Waals surface area contributed by atoms with Gasteiger partial charge in [-0.25, -0.2) is 4.79 Å². The molecule has 0 unspecified atom stereocenters. The van der Waals surface area contributed by atoms with Crippen molar-refractivity contribution in [1.82, 2.24) is 5.32 Å². The van der Waals surface area contributed by atoms with Crippen LogP contribution in [0.25, 0.3) is 0 Å². The highest BCUT2D eigenvalue weighted by Gasteiger charge is 2.13. The minimum Gasteiger partial charge on any atom is -0.352 e. The van der Waals surface area contributed by atoms with Gasteiger partial charge in [-0.3, -0.25) is 0 Å². The Bertz CT molecular complexity index is 130. The lowest BCUT2D eigenvalue weighted by molar-refractivity contribution is 0.248. The third-order valence-electron chi connectivity index (χ3n) is 2.33. The molecule has 3 nitrogen and oxygen atoms in total. The Morgan fingerprint density at radius 2 is 2.09 bits per heavy atom. The molecule has 1 aliphatic rings. The Balaban J connectivity index is 1.98. The van der Waals surface area contributed by atoms with Crippen LogP contribution in [0.5, 0.6) is 0 Å². The zero-order valence-electron chi connectivity index (χ0n) is 6.81. The van der Waals surface area contributed by atoms with Crippen molar-refractivity contribution < 1.29 is 4.79 Å². The van der Waals surface area contributed by atoms with Crippen LogP contribution in [0.1, 0.15) is 32.1 Å². The van der Waals surface area contributed by atoms with Crippen LogP contribution in [0.2, 0.25) is 0 Å². The number of urea groups is 1. The predicted molar refractivity (Wildman–Crippen MR) is 44.2 cm³/mol. The quantitative estimate of drug-likeness (QED) is 0.634. The maximum atomic E-state index is 10.3. The number of hydrogen-bond donors (Lipinski definition) is 2. The Morgan fingerprint density at radius 3 is 2.64 bits per heavy atom. The van der Waals surface area contributed by atoms with Gasteiger partial charge >= 0.3 is 6.03 Å². The molecule has 2 amide bonds. The average molecular weight is 156 g/mol. The second-order valence-electron chi connectivity index (χ2n) is 3.23. The van der Waals surface area contributed by atoms with Crippen molar-refractivity contribution in [3.05, 3.63) is 0 Å². The molecule has 0 heterocycles. The van der Waals surface area contributed by atoms with Crippen molar-refractivity contribution in [3.63, 3.8) is 0 Å². The molecular formula is C8H16N2O. The van der Waals surface area contributed by atoms with E-state index in [4.69, 9.17) is 5.73 Å². The van der Waals surface area contributed by atoms with Gasteiger partial charge in [-0.1, -0.05) is 25.7 Å². The van der Waals surface area contributed by atoms with Gasteiger partial charge in [0.05, 0.1) is 0 Å². The number of carbonyl (C=O) groups is 1. The number of hydrogen-bond acceptors (Lipinski definition) is 1. The van der Waals surface area contributed by atoms with Gasteiger partial charge in [-0.15, -0.1) is 0 Å². The van der Waals surface area contributed by atoms with Crippen LogP contribution in [0.15, 0.2) is 0 Å². The molecule has 0 spiro atoms. The van der Waals surface area contributed by atoms with E-state index in [0.29, 0.717) is 0 Å². The van der Waals surface area contributed by atoms with Crippen molar-refractivity contribution in [2.24, 2.45) is 11.7 Å². The molecule has 0 aromatic rings. The summed E-state index contributed by atoms with van der Waals surface area (Å²) >= 11 is 0. The number of primary amides is 1. The molecule has 0 aromatic heterocycles. The van der Waals surface area contributed by atoms with E-state index in [0.717, 1.165) is 18.9 Å². The number of amides is 2. The SMILES string of the molecule is NC(=O)NCCC1CCCC1. The van der Waals surface area contributed by atoms with Gasteiger partial charge in [-0.05, 0) is 12.3 Å². The van der Waals surface area contributed by atoms with E-state index >= 15 is 0 Å². The Kier molecular flexibility index (Phi) is 3.20. The van der Waals surface area contributed by atoms with Gasteiger partial charge in [0.25, 0.3) is 0 Å². The van der Waals surface area contributed by atoms with Gasteiger partial charge in [0.1, 0.15) is 0 Å². The molecule has 0 radical (unpaired) electrons. The monoisotopic (exact) mass is 156 g/mol. The molecule has 1 saturated carbocycles. The molecule has 3 heteroatoms. The highest BCUT2D eigenvalue weighted by molar-refractivity contribution is 5.71. The van der Waals surface area contributed by atoms with Crippen LogP contribution in [0.3, 0.4) is 0 Å². The third kappa shape index (κ3) is 3.25. The van der Waals surface area contributed by atoms with Gasteiger partial charge in [-0.2, -0.15) is 0 Å². The van der Waals surface area contributed by atoms with Gasteiger partial charge in [0.2, 0.25) is 0 Å². The van der Waals surface area contributed by atoms with E-state index in [1.807, 2.05) is 0 Å². The normalized spacial score (nSPS) is 18.5. The molecule has 3 N–H and O–H groups in total. The Labute approximate surface area is 67.3 Å². The highest BCUT2D eigenvalue weighted by atomic mass is 16.2. The largest absolute Gasteiger partial charge is 0.352 e. The molecule has 0 aliphatic heterocycles. The molecule has 0 aromatic carbocycles. The van der Waals surface area contributed by atoms with Crippen LogP contribution in [0.4, 0.5) is 4.79 Å². The van der Waals surface area contributed by atoms with Gasteiger partial charge in [0, 0.05) is 6.54 Å². The predicted octanol–water partition coefficient (Wildman–Crippen LogP) is 1.23. The van der Waals surface area contributed by atoms with E-state index in [-0.39, 0.29) is 0 Å². The third-order valence-corrected chi connectivity index (χ3v) is 2.33. The number of nitrogens with two attached hydrogens (primary N) is 1. The maximum Gasteiger partial charge on any atom is 0.312 e. The lowest BCUT2D eigenvalue weighted by Crippen LogP contribution is -2.30. The van der Waals surface area contributed by atoms with Gasteiger partial charge < -0.3 is 11.1 Å². The van der Waals surface area contributed by atoms with Crippen molar-refractivity contribution in [1.29, 1.82) is 0 Å². The van der Waals surface area contributed by atoms with E-state index in [1.54, 1.807) is 0 Å². The first-order chi connectivity index (χ1) is 5.29. The minimum atomic E-state index is -0.400. The topological polar surface area (TPSA) is 55.1 Å². The van der Waals surface area contributed by atoms with Crippen LogP contribution in [-0.2, 0) is 0 Å². The van der Waals surface area contributed by atoms with Crippen molar-refractivity contribution in [2.45, 2.75) is 32.1 Å². The van der Waals surface area contributed by atoms with E-state index in [2.05, 4.69) is 5.32 Å². The maximum absolute atomic E-state index is 10.3. The summed E-state index contributed by atoms with van der Waals surface area (Å²) in [5, 5.41) is 2.61. The summed E-state index contributed by atoms with van der Waals surface area (Å²) in [7, 11) is 0. The molecule has 1 rings (SSSR count). The summed E-state index contributed by atoms with van der Waals surface area (Å²) in [6.45, 7) is 0.750. The molecule has 64 valence electrons. The van der Waals surface area contributed by atoms with E-state index in [9.17, 15) is 4.79 Å². The summed E-state index contributed by atoms with van der Waals surface area (Å²) in [6, 6.07) is -0.400. The van der Waals surface area contributed by atoms with Crippen LogP contribution in [0, 0.1) is 5.92 Å². The summed E-state index contributed by atoms with van der Waals surface area (Å²) in [5.41, 5.74) is 4.93. The summed E-state index contributed by atoms with van der Waals surface area (Å²) < 4.78 is 0. The van der Waals surface area contributed by atoms with Crippen molar-refractivity contribution in [2.75, 3.05) is 6.54 Å². The van der Waals surface area contributed by atoms with Crippen LogP contribution in [-0.4, -0.2) is 12.6 Å². The second kappa shape index (κ2) is 4.21. The lowest BCUT2D eigenvalue weighted by Gasteiger charge is -2.07. The first kappa shape index (κ1) is 8.37. The molecule has 0 saturated heterocycles. The number of carbonyl (C=O) groups excluding carboxylic acids is 1. The molecule has 1 aliphatic carbocycles. The lowest BCUT2D eigenvalue weighted by atomic mass is 10.0. The first-order valence-corrected chi connectivity index (χ1v) is 4.32.